The summed E-state index contributed by atoms with van der Waals surface area (Å²) in [6.45, 7) is 10.5. The lowest BCUT2D eigenvalue weighted by molar-refractivity contribution is 0.0828. The number of nitrogens with one attached hydrogen (secondary N) is 1. The minimum Gasteiger partial charge on any atom is -0.394 e. The second-order valence-electron chi connectivity index (χ2n) is 7.02. The van der Waals surface area contributed by atoms with Crippen LogP contribution in [0.25, 0.3) is 0 Å². The number of likely N-dealkylation sites (N-methyl/N-ethyl adjacent to an activating group) is 1. The molecule has 118 valence electrons. The largest absolute Gasteiger partial charge is 0.394 e. The van der Waals surface area contributed by atoms with E-state index >= 15 is 0 Å². The zero-order valence-corrected chi connectivity index (χ0v) is 13.7. The van der Waals surface area contributed by atoms with Crippen LogP contribution in [0.1, 0.15) is 59.3 Å². The maximum atomic E-state index is 10.1. The van der Waals surface area contributed by atoms with Crippen molar-refractivity contribution in [3.05, 3.63) is 0 Å². The highest BCUT2D eigenvalue weighted by molar-refractivity contribution is 5.06. The summed E-state index contributed by atoms with van der Waals surface area (Å²) in [5.74, 6) is 1.50. The second kappa shape index (κ2) is 7.24. The van der Waals surface area contributed by atoms with Gasteiger partial charge in [-0.15, -0.1) is 0 Å². The Morgan fingerprint density at radius 2 is 1.80 bits per heavy atom. The van der Waals surface area contributed by atoms with E-state index < -0.39 is 0 Å². The quantitative estimate of drug-likeness (QED) is 0.611. The summed E-state index contributed by atoms with van der Waals surface area (Å²) in [7, 11) is 0. The third-order valence-electron chi connectivity index (χ3n) is 5.33. The van der Waals surface area contributed by atoms with Crippen molar-refractivity contribution in [1.29, 1.82) is 0 Å². The van der Waals surface area contributed by atoms with Crippen molar-refractivity contribution in [2.75, 3.05) is 26.2 Å². The number of rotatable bonds is 11. The number of nitrogens with zero attached hydrogens (tertiary/aromatic N) is 1. The highest BCUT2D eigenvalue weighted by atomic mass is 16.3. The topological polar surface area (TPSA) is 35.5 Å². The summed E-state index contributed by atoms with van der Waals surface area (Å²) < 4.78 is 0. The second-order valence-corrected chi connectivity index (χ2v) is 7.02. The minimum atomic E-state index is -0.0246. The Bertz CT molecular complexity index is 285. The molecule has 1 atom stereocenters. The standard InChI is InChI=1S/C17H34N2O/c1-4-14(5-2)11-19(6-3)12-17(13-20,15-7-8-15)18-16-9-10-16/h14-16,18,20H,4-13H2,1-3H3. The van der Waals surface area contributed by atoms with Crippen molar-refractivity contribution in [2.24, 2.45) is 11.8 Å². The van der Waals surface area contributed by atoms with E-state index in [4.69, 9.17) is 0 Å². The van der Waals surface area contributed by atoms with E-state index in [1.54, 1.807) is 0 Å². The molecule has 0 aromatic heterocycles. The van der Waals surface area contributed by atoms with Gasteiger partial charge in [-0.05, 0) is 44.1 Å². The fraction of sp³-hybridized carbons (Fsp3) is 1.00. The molecule has 2 N–H and O–H groups in total. The van der Waals surface area contributed by atoms with Gasteiger partial charge in [0.15, 0.2) is 0 Å². The molecule has 0 aliphatic heterocycles. The molecule has 0 spiro atoms. The average Bonchev–Trinajstić information content (AvgIpc) is 3.34. The number of aliphatic hydroxyl groups is 1. The van der Waals surface area contributed by atoms with Crippen LogP contribution in [0, 0.1) is 11.8 Å². The summed E-state index contributed by atoms with van der Waals surface area (Å²) in [6, 6.07) is 0.676. The van der Waals surface area contributed by atoms with Crippen molar-refractivity contribution in [1.82, 2.24) is 10.2 Å². The molecule has 0 amide bonds. The Kier molecular flexibility index (Phi) is 5.88. The van der Waals surface area contributed by atoms with Gasteiger partial charge in [-0.2, -0.15) is 0 Å². The number of aliphatic hydroxyl groups excluding tert-OH is 1. The van der Waals surface area contributed by atoms with Crippen LogP contribution in [-0.4, -0.2) is 47.8 Å². The zero-order valence-electron chi connectivity index (χ0n) is 13.7. The molecule has 2 rings (SSSR count). The van der Waals surface area contributed by atoms with Gasteiger partial charge in [0.05, 0.1) is 12.1 Å². The van der Waals surface area contributed by atoms with E-state index in [9.17, 15) is 5.11 Å². The van der Waals surface area contributed by atoms with Crippen LogP contribution in [0.3, 0.4) is 0 Å². The smallest absolute Gasteiger partial charge is 0.0628 e. The molecule has 20 heavy (non-hydrogen) atoms. The lowest BCUT2D eigenvalue weighted by atomic mass is 9.92. The third kappa shape index (κ3) is 4.19. The van der Waals surface area contributed by atoms with Crippen LogP contribution in [0.5, 0.6) is 0 Å². The molecule has 0 saturated heterocycles. The molecular formula is C17H34N2O. The molecule has 0 aromatic rings. The minimum absolute atomic E-state index is 0.0246. The molecule has 0 aromatic carbocycles. The Morgan fingerprint density at radius 1 is 1.15 bits per heavy atom. The van der Waals surface area contributed by atoms with E-state index in [1.807, 2.05) is 0 Å². The van der Waals surface area contributed by atoms with E-state index in [0.717, 1.165) is 19.0 Å². The first-order chi connectivity index (χ1) is 9.67. The van der Waals surface area contributed by atoms with E-state index in [1.165, 1.54) is 45.1 Å². The maximum absolute atomic E-state index is 10.1. The predicted molar refractivity (Wildman–Crippen MR) is 84.9 cm³/mol. The summed E-state index contributed by atoms with van der Waals surface area (Å²) in [5, 5.41) is 13.9. The fourth-order valence-corrected chi connectivity index (χ4v) is 3.40. The highest BCUT2D eigenvalue weighted by Gasteiger charge is 2.48. The first-order valence-corrected chi connectivity index (χ1v) is 8.78. The molecule has 2 aliphatic rings. The third-order valence-corrected chi connectivity index (χ3v) is 5.33. The van der Waals surface area contributed by atoms with E-state index in [2.05, 4.69) is 31.0 Å². The van der Waals surface area contributed by atoms with Gasteiger partial charge in [0, 0.05) is 19.1 Å². The van der Waals surface area contributed by atoms with Crippen molar-refractivity contribution in [2.45, 2.75) is 70.9 Å². The van der Waals surface area contributed by atoms with Crippen molar-refractivity contribution < 1.29 is 5.11 Å². The Hall–Kier alpha value is -0.120. The molecule has 0 heterocycles. The van der Waals surface area contributed by atoms with E-state index in [-0.39, 0.29) is 5.54 Å². The van der Waals surface area contributed by atoms with Gasteiger partial charge >= 0.3 is 0 Å². The molecule has 2 aliphatic carbocycles. The average molecular weight is 282 g/mol. The van der Waals surface area contributed by atoms with Crippen LogP contribution in [0.2, 0.25) is 0 Å². The zero-order chi connectivity index (χ0) is 14.6. The molecule has 0 bridgehead atoms. The monoisotopic (exact) mass is 282 g/mol. The van der Waals surface area contributed by atoms with Gasteiger partial charge < -0.3 is 15.3 Å². The van der Waals surface area contributed by atoms with Gasteiger partial charge in [-0.3, -0.25) is 0 Å². The Morgan fingerprint density at radius 3 is 2.20 bits per heavy atom. The molecule has 0 radical (unpaired) electrons. The fourth-order valence-electron chi connectivity index (χ4n) is 3.40. The van der Waals surface area contributed by atoms with E-state index in [0.29, 0.717) is 18.6 Å². The Balaban J connectivity index is 1.96. The normalized spacial score (nSPS) is 22.5. The molecule has 1 unspecified atom stereocenters. The first kappa shape index (κ1) is 16.3. The SMILES string of the molecule is CCC(CC)CN(CC)CC(CO)(NC1CC1)C1CC1. The number of hydrogen-bond acceptors (Lipinski definition) is 3. The van der Waals surface area contributed by atoms with Gasteiger partial charge in [0.1, 0.15) is 0 Å². The van der Waals surface area contributed by atoms with Gasteiger partial charge in [0.25, 0.3) is 0 Å². The number of hydrogen-bond donors (Lipinski definition) is 2. The summed E-state index contributed by atoms with van der Waals surface area (Å²) in [4.78, 5) is 2.57. The first-order valence-electron chi connectivity index (χ1n) is 8.78. The van der Waals surface area contributed by atoms with Crippen LogP contribution < -0.4 is 5.32 Å². The van der Waals surface area contributed by atoms with Gasteiger partial charge in [-0.25, -0.2) is 0 Å². The highest BCUT2D eigenvalue weighted by Crippen LogP contribution is 2.42. The van der Waals surface area contributed by atoms with Crippen LogP contribution in [0.4, 0.5) is 0 Å². The lowest BCUT2D eigenvalue weighted by Crippen LogP contribution is -2.59. The molecule has 2 saturated carbocycles. The van der Waals surface area contributed by atoms with Crippen LogP contribution in [0.15, 0.2) is 0 Å². The van der Waals surface area contributed by atoms with Gasteiger partial charge in [-0.1, -0.05) is 33.6 Å². The van der Waals surface area contributed by atoms with Crippen molar-refractivity contribution in [3.8, 4) is 0 Å². The lowest BCUT2D eigenvalue weighted by Gasteiger charge is -2.39. The molecule has 3 nitrogen and oxygen atoms in total. The van der Waals surface area contributed by atoms with Crippen molar-refractivity contribution in [3.63, 3.8) is 0 Å². The molecular weight excluding hydrogens is 248 g/mol. The van der Waals surface area contributed by atoms with Gasteiger partial charge in [0.2, 0.25) is 0 Å². The van der Waals surface area contributed by atoms with Crippen molar-refractivity contribution >= 4 is 0 Å². The summed E-state index contributed by atoms with van der Waals surface area (Å²) in [5.41, 5.74) is -0.0246. The Labute approximate surface area is 125 Å². The summed E-state index contributed by atoms with van der Waals surface area (Å²) in [6.07, 6.45) is 7.71. The van der Waals surface area contributed by atoms with Crippen LogP contribution in [-0.2, 0) is 0 Å². The van der Waals surface area contributed by atoms with Crippen LogP contribution >= 0.6 is 0 Å². The summed E-state index contributed by atoms with van der Waals surface area (Å²) >= 11 is 0. The molecule has 2 fully saturated rings. The predicted octanol–water partition coefficient (Wildman–Crippen LogP) is 2.64. The molecule has 3 heteroatoms. The maximum Gasteiger partial charge on any atom is 0.0628 e.